The molecule has 8 heteroatoms. The molecular formula is C21H21ClN4O3. The molecule has 3 aromatic rings. The fraction of sp³-hybridized carbons (Fsp3) is 0.238. The van der Waals surface area contributed by atoms with Crippen molar-refractivity contribution in [1.29, 1.82) is 0 Å². The molecule has 0 spiro atoms. The quantitative estimate of drug-likeness (QED) is 0.527. The number of nitrogens with zero attached hydrogens (tertiary/aromatic N) is 2. The van der Waals surface area contributed by atoms with Gasteiger partial charge in [-0.3, -0.25) is 9.59 Å². The molecule has 0 radical (unpaired) electrons. The molecule has 1 heterocycles. The van der Waals surface area contributed by atoms with Crippen LogP contribution in [0.4, 0.5) is 0 Å². The highest BCUT2D eigenvalue weighted by Crippen LogP contribution is 2.18. The lowest BCUT2D eigenvalue weighted by molar-refractivity contribution is -0.122. The minimum Gasteiger partial charge on any atom is -0.354 e. The predicted octanol–water partition coefficient (Wildman–Crippen LogP) is 2.80. The molecule has 0 unspecified atom stereocenters. The number of aryl methyl sites for hydroxylation is 1. The second-order valence-electron chi connectivity index (χ2n) is 6.38. The minimum absolute atomic E-state index is 0.0777. The van der Waals surface area contributed by atoms with Gasteiger partial charge in [-0.25, -0.2) is 0 Å². The van der Waals surface area contributed by atoms with Gasteiger partial charge in [-0.05, 0) is 29.8 Å². The summed E-state index contributed by atoms with van der Waals surface area (Å²) < 4.78 is 5.18. The predicted molar refractivity (Wildman–Crippen MR) is 109 cm³/mol. The molecule has 29 heavy (non-hydrogen) atoms. The Balaban J connectivity index is 1.33. The van der Waals surface area contributed by atoms with E-state index in [0.29, 0.717) is 42.7 Å². The van der Waals surface area contributed by atoms with E-state index in [1.807, 2.05) is 30.3 Å². The SMILES string of the molecule is O=C(CCc1nc(-c2ccc(Cl)cc2)no1)NCCNC(=O)Cc1ccccc1. The monoisotopic (exact) mass is 412 g/mol. The van der Waals surface area contributed by atoms with E-state index in [9.17, 15) is 9.59 Å². The van der Waals surface area contributed by atoms with Crippen molar-refractivity contribution >= 4 is 23.4 Å². The van der Waals surface area contributed by atoms with Gasteiger partial charge in [0, 0.05) is 36.5 Å². The lowest BCUT2D eigenvalue weighted by Crippen LogP contribution is -2.35. The van der Waals surface area contributed by atoms with Crippen LogP contribution in [0, 0.1) is 0 Å². The molecule has 0 atom stereocenters. The third-order valence-corrected chi connectivity index (χ3v) is 4.37. The van der Waals surface area contributed by atoms with Crippen molar-refractivity contribution in [1.82, 2.24) is 20.8 Å². The van der Waals surface area contributed by atoms with Crippen LogP contribution in [-0.4, -0.2) is 35.0 Å². The van der Waals surface area contributed by atoms with Gasteiger partial charge in [-0.2, -0.15) is 4.98 Å². The second-order valence-corrected chi connectivity index (χ2v) is 6.82. The maximum Gasteiger partial charge on any atom is 0.227 e. The van der Waals surface area contributed by atoms with Crippen LogP contribution in [0.1, 0.15) is 17.9 Å². The van der Waals surface area contributed by atoms with E-state index in [1.165, 1.54) is 0 Å². The molecule has 0 aliphatic carbocycles. The third kappa shape index (κ3) is 6.73. The van der Waals surface area contributed by atoms with Crippen molar-refractivity contribution < 1.29 is 14.1 Å². The van der Waals surface area contributed by atoms with Crippen molar-refractivity contribution in [2.75, 3.05) is 13.1 Å². The number of amides is 2. The number of carbonyl (C=O) groups excluding carboxylic acids is 2. The zero-order valence-electron chi connectivity index (χ0n) is 15.7. The molecule has 2 N–H and O–H groups in total. The fourth-order valence-electron chi connectivity index (χ4n) is 2.63. The number of carbonyl (C=O) groups is 2. The van der Waals surface area contributed by atoms with Crippen LogP contribution < -0.4 is 10.6 Å². The van der Waals surface area contributed by atoms with Gasteiger partial charge in [0.05, 0.1) is 6.42 Å². The molecule has 3 rings (SSSR count). The lowest BCUT2D eigenvalue weighted by atomic mass is 10.1. The van der Waals surface area contributed by atoms with Crippen molar-refractivity contribution in [3.05, 3.63) is 71.1 Å². The smallest absolute Gasteiger partial charge is 0.227 e. The standard InChI is InChI=1S/C21H21ClN4O3/c22-17-8-6-16(7-9-17)21-25-20(29-26-21)11-10-18(27)23-12-13-24-19(28)14-15-4-2-1-3-5-15/h1-9H,10-14H2,(H,23,27)(H,24,28). The number of hydrogen-bond acceptors (Lipinski definition) is 5. The molecule has 0 fully saturated rings. The molecule has 2 aromatic carbocycles. The Morgan fingerprint density at radius 3 is 2.34 bits per heavy atom. The first-order valence-electron chi connectivity index (χ1n) is 9.26. The summed E-state index contributed by atoms with van der Waals surface area (Å²) in [6, 6.07) is 16.6. The summed E-state index contributed by atoms with van der Waals surface area (Å²) in [6.45, 7) is 0.734. The van der Waals surface area contributed by atoms with Gasteiger partial charge in [-0.1, -0.05) is 47.1 Å². The Morgan fingerprint density at radius 2 is 1.62 bits per heavy atom. The highest BCUT2D eigenvalue weighted by molar-refractivity contribution is 6.30. The summed E-state index contributed by atoms with van der Waals surface area (Å²) in [5.74, 6) is 0.624. The number of rotatable bonds is 9. The van der Waals surface area contributed by atoms with Crippen LogP contribution in [-0.2, 0) is 22.4 Å². The van der Waals surface area contributed by atoms with E-state index in [-0.39, 0.29) is 18.2 Å². The summed E-state index contributed by atoms with van der Waals surface area (Å²) in [5.41, 5.74) is 1.74. The molecule has 0 aliphatic rings. The molecule has 7 nitrogen and oxygen atoms in total. The number of halogens is 1. The number of hydrogen-bond donors (Lipinski definition) is 2. The van der Waals surface area contributed by atoms with E-state index in [2.05, 4.69) is 20.8 Å². The molecule has 0 aliphatic heterocycles. The first-order valence-corrected chi connectivity index (χ1v) is 9.64. The van der Waals surface area contributed by atoms with Crippen molar-refractivity contribution in [2.24, 2.45) is 0 Å². The van der Waals surface area contributed by atoms with Crippen LogP contribution in [0.25, 0.3) is 11.4 Å². The van der Waals surface area contributed by atoms with Crippen molar-refractivity contribution in [2.45, 2.75) is 19.3 Å². The topological polar surface area (TPSA) is 97.1 Å². The van der Waals surface area contributed by atoms with Gasteiger partial charge in [0.25, 0.3) is 0 Å². The second kappa shape index (κ2) is 10.4. The van der Waals surface area contributed by atoms with Gasteiger partial charge in [0.15, 0.2) is 0 Å². The number of benzene rings is 2. The van der Waals surface area contributed by atoms with Crippen molar-refractivity contribution in [3.63, 3.8) is 0 Å². The van der Waals surface area contributed by atoms with Crippen molar-refractivity contribution in [3.8, 4) is 11.4 Å². The first-order chi connectivity index (χ1) is 14.1. The molecule has 0 saturated carbocycles. The maximum absolute atomic E-state index is 11.9. The molecule has 0 bridgehead atoms. The van der Waals surface area contributed by atoms with Crippen LogP contribution in [0.15, 0.2) is 59.1 Å². The summed E-state index contributed by atoms with van der Waals surface area (Å²) in [6.07, 6.45) is 0.884. The Labute approximate surface area is 173 Å². The highest BCUT2D eigenvalue weighted by Gasteiger charge is 2.11. The zero-order valence-corrected chi connectivity index (χ0v) is 16.5. The van der Waals surface area contributed by atoms with Crippen LogP contribution in [0.5, 0.6) is 0 Å². The first kappa shape index (κ1) is 20.5. The lowest BCUT2D eigenvalue weighted by Gasteiger charge is -2.07. The molecule has 0 saturated heterocycles. The molecule has 2 amide bonds. The molecule has 150 valence electrons. The van der Waals surface area contributed by atoms with Gasteiger partial charge in [0.2, 0.25) is 23.5 Å². The zero-order chi connectivity index (χ0) is 20.5. The number of aromatic nitrogens is 2. The van der Waals surface area contributed by atoms with Crippen LogP contribution in [0.3, 0.4) is 0 Å². The minimum atomic E-state index is -0.145. The number of nitrogens with one attached hydrogen (secondary N) is 2. The van der Waals surface area contributed by atoms with E-state index in [4.69, 9.17) is 16.1 Å². The summed E-state index contributed by atoms with van der Waals surface area (Å²) in [5, 5.41) is 10.1. The Bertz CT molecular complexity index is 942. The van der Waals surface area contributed by atoms with Gasteiger partial charge < -0.3 is 15.2 Å². The summed E-state index contributed by atoms with van der Waals surface area (Å²) >= 11 is 5.86. The fourth-order valence-corrected chi connectivity index (χ4v) is 2.76. The van der Waals surface area contributed by atoms with Gasteiger partial charge in [0.1, 0.15) is 0 Å². The van der Waals surface area contributed by atoms with Gasteiger partial charge in [-0.15, -0.1) is 0 Å². The van der Waals surface area contributed by atoms with E-state index in [1.54, 1.807) is 24.3 Å². The van der Waals surface area contributed by atoms with Crippen LogP contribution >= 0.6 is 11.6 Å². The maximum atomic E-state index is 11.9. The normalized spacial score (nSPS) is 10.5. The summed E-state index contributed by atoms with van der Waals surface area (Å²) in [7, 11) is 0. The van der Waals surface area contributed by atoms with Crippen LogP contribution in [0.2, 0.25) is 5.02 Å². The summed E-state index contributed by atoms with van der Waals surface area (Å²) in [4.78, 5) is 28.1. The molecular weight excluding hydrogens is 392 g/mol. The largest absolute Gasteiger partial charge is 0.354 e. The Morgan fingerprint density at radius 1 is 0.931 bits per heavy atom. The van der Waals surface area contributed by atoms with E-state index < -0.39 is 0 Å². The van der Waals surface area contributed by atoms with Gasteiger partial charge >= 0.3 is 0 Å². The Hall–Kier alpha value is -3.19. The average molecular weight is 413 g/mol. The average Bonchev–Trinajstić information content (AvgIpc) is 3.20. The molecule has 1 aromatic heterocycles. The third-order valence-electron chi connectivity index (χ3n) is 4.11. The highest BCUT2D eigenvalue weighted by atomic mass is 35.5. The van der Waals surface area contributed by atoms with E-state index >= 15 is 0 Å². The Kier molecular flexibility index (Phi) is 7.35. The van der Waals surface area contributed by atoms with E-state index in [0.717, 1.165) is 11.1 Å².